The van der Waals surface area contributed by atoms with E-state index in [-0.39, 0.29) is 17.0 Å². The second kappa shape index (κ2) is 17.2. The number of carboxylic acids is 1. The lowest BCUT2D eigenvalue weighted by molar-refractivity contribution is -0.143. The van der Waals surface area contributed by atoms with Crippen molar-refractivity contribution in [3.05, 3.63) is 35.4 Å². The summed E-state index contributed by atoms with van der Waals surface area (Å²) in [5.74, 6) is -5.98. The molecular weight excluding hydrogens is 603 g/mol. The molecule has 2 rings (SSSR count). The Balaban J connectivity index is 2.18. The number of aromatic carboxylic acids is 1. The van der Waals surface area contributed by atoms with Gasteiger partial charge in [0.05, 0.1) is 37.3 Å². The SMILES string of the molecule is CC(F)CN(CC(=O)NC(C(=O)NCC(N)=O)C1CCCCC1)C(=O)C(NC(=O)CNC(=O)c1ccccc1C(=O)O)C(C)(C)C. The highest BCUT2D eigenvalue weighted by Crippen LogP contribution is 2.27. The molecule has 1 aliphatic carbocycles. The third-order valence-electron chi connectivity index (χ3n) is 7.51. The van der Waals surface area contributed by atoms with Crippen LogP contribution in [-0.2, 0) is 24.0 Å². The number of nitrogens with one attached hydrogen (secondary N) is 4. The summed E-state index contributed by atoms with van der Waals surface area (Å²) in [7, 11) is 0. The highest BCUT2D eigenvalue weighted by atomic mass is 19.1. The molecule has 0 heterocycles. The van der Waals surface area contributed by atoms with Gasteiger partial charge < -0.3 is 37.0 Å². The lowest BCUT2D eigenvalue weighted by Crippen LogP contribution is -2.59. The minimum absolute atomic E-state index is 0.157. The second-order valence-electron chi connectivity index (χ2n) is 12.5. The first-order valence-electron chi connectivity index (χ1n) is 15.2. The van der Waals surface area contributed by atoms with Crippen molar-refractivity contribution < 1.29 is 43.1 Å². The first-order valence-corrected chi connectivity index (χ1v) is 15.2. The molecule has 0 saturated heterocycles. The average Bonchev–Trinajstić information content (AvgIpc) is 2.99. The van der Waals surface area contributed by atoms with Crippen molar-refractivity contribution in [2.75, 3.05) is 26.2 Å². The Hall–Kier alpha value is -4.56. The lowest BCUT2D eigenvalue weighted by Gasteiger charge is -2.35. The van der Waals surface area contributed by atoms with Gasteiger partial charge in [-0.3, -0.25) is 28.8 Å². The summed E-state index contributed by atoms with van der Waals surface area (Å²) < 4.78 is 14.3. The molecule has 0 spiro atoms. The third-order valence-corrected chi connectivity index (χ3v) is 7.51. The zero-order chi connectivity index (χ0) is 34.6. The van der Waals surface area contributed by atoms with E-state index in [1.165, 1.54) is 31.2 Å². The topological polar surface area (TPSA) is 217 Å². The first-order chi connectivity index (χ1) is 21.5. The Morgan fingerprint density at radius 2 is 1.54 bits per heavy atom. The molecule has 1 fully saturated rings. The number of hydrogen-bond donors (Lipinski definition) is 6. The van der Waals surface area contributed by atoms with Crippen molar-refractivity contribution in [2.24, 2.45) is 17.1 Å². The summed E-state index contributed by atoms with van der Waals surface area (Å²) in [5, 5.41) is 19.3. The number of carbonyl (C=O) groups excluding carboxylic acids is 6. The van der Waals surface area contributed by atoms with Crippen molar-refractivity contribution in [1.82, 2.24) is 26.2 Å². The van der Waals surface area contributed by atoms with Gasteiger partial charge in [-0.05, 0) is 43.2 Å². The van der Waals surface area contributed by atoms with Gasteiger partial charge >= 0.3 is 5.97 Å². The number of benzene rings is 1. The van der Waals surface area contributed by atoms with Crippen LogP contribution in [0.1, 0.15) is 80.5 Å². The van der Waals surface area contributed by atoms with E-state index in [1.54, 1.807) is 20.8 Å². The fraction of sp³-hybridized carbons (Fsp3) is 0.581. The van der Waals surface area contributed by atoms with E-state index in [0.717, 1.165) is 24.2 Å². The predicted octanol–water partition coefficient (Wildman–Crippen LogP) is 0.499. The quantitative estimate of drug-likeness (QED) is 0.157. The molecule has 3 atom stereocenters. The molecule has 15 heteroatoms. The van der Waals surface area contributed by atoms with Crippen molar-refractivity contribution in [2.45, 2.75) is 78.1 Å². The number of rotatable bonds is 15. The molecule has 1 aromatic rings. The Morgan fingerprint density at radius 3 is 2.09 bits per heavy atom. The van der Waals surface area contributed by atoms with Crippen LogP contribution in [0, 0.1) is 11.3 Å². The maximum atomic E-state index is 14.3. The molecule has 46 heavy (non-hydrogen) atoms. The first kappa shape index (κ1) is 37.6. The molecule has 1 saturated carbocycles. The van der Waals surface area contributed by atoms with Gasteiger partial charge in [0.1, 0.15) is 18.3 Å². The van der Waals surface area contributed by atoms with Gasteiger partial charge in [-0.15, -0.1) is 0 Å². The zero-order valence-electron chi connectivity index (χ0n) is 26.7. The van der Waals surface area contributed by atoms with Gasteiger partial charge in [-0.1, -0.05) is 52.2 Å². The van der Waals surface area contributed by atoms with E-state index in [1.807, 2.05) is 0 Å². The standard InChI is InChI=1S/C31H45FN6O8/c1-18(32)16-38(17-24(41)36-25(19-10-6-5-7-11-19)28(43)34-14-22(33)39)29(44)26(31(2,3)4)37-23(40)15-35-27(42)20-12-8-9-13-21(20)30(45)46/h8-9,12-13,18-19,25-26H,5-7,10-11,14-17H2,1-4H3,(H2,33,39)(H,34,43)(H,35,42)(H,36,41)(H,37,40)(H,45,46). The van der Waals surface area contributed by atoms with Crippen LogP contribution in [0.4, 0.5) is 4.39 Å². The molecule has 3 unspecified atom stereocenters. The molecule has 0 aromatic heterocycles. The third kappa shape index (κ3) is 11.7. The average molecular weight is 649 g/mol. The van der Waals surface area contributed by atoms with Gasteiger partial charge in [0.25, 0.3) is 5.91 Å². The molecule has 0 bridgehead atoms. The van der Waals surface area contributed by atoms with Gasteiger partial charge in [0.2, 0.25) is 29.5 Å². The Bertz CT molecular complexity index is 1290. The molecule has 7 N–H and O–H groups in total. The molecule has 14 nitrogen and oxygen atoms in total. The maximum absolute atomic E-state index is 14.3. The number of halogens is 1. The summed E-state index contributed by atoms with van der Waals surface area (Å²) in [5.41, 5.74) is 3.80. The summed E-state index contributed by atoms with van der Waals surface area (Å²) in [6.07, 6.45) is 2.46. The van der Waals surface area contributed by atoms with Crippen LogP contribution in [0.2, 0.25) is 0 Å². The zero-order valence-corrected chi connectivity index (χ0v) is 26.7. The number of nitrogens with zero attached hydrogens (tertiary/aromatic N) is 1. The largest absolute Gasteiger partial charge is 0.478 e. The van der Waals surface area contributed by atoms with Crippen molar-refractivity contribution in [3.63, 3.8) is 0 Å². The van der Waals surface area contributed by atoms with Crippen LogP contribution < -0.4 is 27.0 Å². The van der Waals surface area contributed by atoms with E-state index >= 15 is 0 Å². The number of alkyl halides is 1. The van der Waals surface area contributed by atoms with Crippen LogP contribution in [0.5, 0.6) is 0 Å². The normalized spacial score (nSPS) is 15.4. The minimum Gasteiger partial charge on any atom is -0.478 e. The Labute approximate surface area is 267 Å². The fourth-order valence-corrected chi connectivity index (χ4v) is 5.24. The predicted molar refractivity (Wildman–Crippen MR) is 165 cm³/mol. The minimum atomic E-state index is -1.55. The number of primary amides is 1. The van der Waals surface area contributed by atoms with Gasteiger partial charge in [-0.25, -0.2) is 9.18 Å². The molecule has 1 aliphatic rings. The van der Waals surface area contributed by atoms with Crippen molar-refractivity contribution in [3.8, 4) is 0 Å². The summed E-state index contributed by atoms with van der Waals surface area (Å²) in [4.78, 5) is 89.0. The Morgan fingerprint density at radius 1 is 0.935 bits per heavy atom. The monoisotopic (exact) mass is 648 g/mol. The summed E-state index contributed by atoms with van der Waals surface area (Å²) in [6, 6.07) is 3.19. The van der Waals surface area contributed by atoms with Crippen LogP contribution >= 0.6 is 0 Å². The van der Waals surface area contributed by atoms with Crippen molar-refractivity contribution in [1.29, 1.82) is 0 Å². The number of carbonyl (C=O) groups is 7. The number of amides is 6. The van der Waals surface area contributed by atoms with Gasteiger partial charge in [0, 0.05) is 0 Å². The maximum Gasteiger partial charge on any atom is 0.336 e. The molecule has 0 aliphatic heterocycles. The summed E-state index contributed by atoms with van der Waals surface area (Å²) >= 11 is 0. The van der Waals surface area contributed by atoms with Crippen molar-refractivity contribution >= 4 is 41.4 Å². The highest BCUT2D eigenvalue weighted by molar-refractivity contribution is 6.05. The van der Waals surface area contributed by atoms with Crippen LogP contribution in [-0.4, -0.2) is 95.9 Å². The molecular formula is C31H45FN6O8. The van der Waals surface area contributed by atoms with Crippen LogP contribution in [0.25, 0.3) is 0 Å². The number of hydrogen-bond acceptors (Lipinski definition) is 7. The molecule has 0 radical (unpaired) electrons. The van der Waals surface area contributed by atoms with Crippen LogP contribution in [0.3, 0.4) is 0 Å². The van der Waals surface area contributed by atoms with E-state index in [0.29, 0.717) is 12.8 Å². The van der Waals surface area contributed by atoms with E-state index in [2.05, 4.69) is 21.3 Å². The van der Waals surface area contributed by atoms with Crippen LogP contribution in [0.15, 0.2) is 24.3 Å². The molecule has 254 valence electrons. The Kier molecular flexibility index (Phi) is 14.1. The molecule has 6 amide bonds. The van der Waals surface area contributed by atoms with E-state index in [9.17, 15) is 43.1 Å². The lowest BCUT2D eigenvalue weighted by atomic mass is 9.83. The van der Waals surface area contributed by atoms with Gasteiger partial charge in [0.15, 0.2) is 0 Å². The van der Waals surface area contributed by atoms with E-state index < -0.39 is 91.3 Å². The van der Waals surface area contributed by atoms with Gasteiger partial charge in [-0.2, -0.15) is 0 Å². The van der Waals surface area contributed by atoms with E-state index in [4.69, 9.17) is 5.73 Å². The summed E-state index contributed by atoms with van der Waals surface area (Å²) in [6.45, 7) is 4.03. The fourth-order valence-electron chi connectivity index (χ4n) is 5.24. The number of carboxylic acid groups (broad SMARTS) is 1. The second-order valence-corrected chi connectivity index (χ2v) is 12.5. The molecule has 1 aromatic carbocycles. The number of nitrogens with two attached hydrogens (primary N) is 1. The highest BCUT2D eigenvalue weighted by Gasteiger charge is 2.38. The smallest absolute Gasteiger partial charge is 0.336 e.